The van der Waals surface area contributed by atoms with Gasteiger partial charge in [-0.3, -0.25) is 4.79 Å². The van der Waals surface area contributed by atoms with Gasteiger partial charge in [-0.1, -0.05) is 64.9 Å². The smallest absolute Gasteiger partial charge is 0.266 e. The summed E-state index contributed by atoms with van der Waals surface area (Å²) in [5, 5.41) is 5.61. The summed E-state index contributed by atoms with van der Waals surface area (Å²) in [6.45, 7) is 0. The Bertz CT molecular complexity index is 1210. The van der Waals surface area contributed by atoms with Crippen LogP contribution in [0.5, 0.6) is 0 Å². The molecule has 128 valence electrons. The van der Waals surface area contributed by atoms with Crippen LogP contribution < -0.4 is 10.1 Å². The van der Waals surface area contributed by atoms with E-state index in [0.717, 1.165) is 11.1 Å². The monoisotopic (exact) mass is 399 g/mol. The first-order chi connectivity index (χ1) is 12.6. The molecule has 0 N–H and O–H groups in total. The van der Waals surface area contributed by atoms with Gasteiger partial charge in [0, 0.05) is 10.0 Å². The number of nitrogens with zero attached hydrogens (tertiary/aromatic N) is 3. The van der Waals surface area contributed by atoms with Crippen molar-refractivity contribution in [1.82, 2.24) is 14.6 Å². The van der Waals surface area contributed by atoms with Gasteiger partial charge in [-0.2, -0.15) is 9.50 Å². The lowest BCUT2D eigenvalue weighted by molar-refractivity contribution is 0.925. The van der Waals surface area contributed by atoms with E-state index in [1.54, 1.807) is 18.2 Å². The van der Waals surface area contributed by atoms with Crippen molar-refractivity contribution in [3.8, 4) is 0 Å². The van der Waals surface area contributed by atoms with Gasteiger partial charge in [0.15, 0.2) is 5.82 Å². The van der Waals surface area contributed by atoms with Gasteiger partial charge in [0.1, 0.15) is 0 Å². The summed E-state index contributed by atoms with van der Waals surface area (Å²) in [7, 11) is 0. The average Bonchev–Trinajstić information content (AvgIpc) is 3.16. The molecule has 4 rings (SSSR count). The highest BCUT2D eigenvalue weighted by Crippen LogP contribution is 2.13. The highest BCUT2D eigenvalue weighted by Gasteiger charge is 2.08. The minimum absolute atomic E-state index is 0.182. The molecule has 0 atom stereocenters. The molecule has 4 aromatic rings. The van der Waals surface area contributed by atoms with Crippen LogP contribution in [0.1, 0.15) is 17.0 Å². The first-order valence-corrected chi connectivity index (χ1v) is 9.26. The molecule has 0 amide bonds. The maximum atomic E-state index is 12.5. The zero-order valence-corrected chi connectivity index (χ0v) is 15.6. The molecule has 7 heteroatoms. The second-order valence-corrected chi connectivity index (χ2v) is 7.40. The zero-order valence-electron chi connectivity index (χ0n) is 13.3. The fourth-order valence-corrected chi connectivity index (χ4v) is 3.54. The molecule has 0 bridgehead atoms. The van der Waals surface area contributed by atoms with Crippen LogP contribution in [0.15, 0.2) is 53.3 Å². The maximum Gasteiger partial charge on any atom is 0.291 e. The van der Waals surface area contributed by atoms with E-state index >= 15 is 0 Å². The van der Waals surface area contributed by atoms with Crippen molar-refractivity contribution in [2.45, 2.75) is 0 Å². The topological polar surface area (TPSA) is 47.3 Å². The van der Waals surface area contributed by atoms with E-state index in [1.165, 1.54) is 15.9 Å². The van der Waals surface area contributed by atoms with Gasteiger partial charge < -0.3 is 0 Å². The van der Waals surface area contributed by atoms with E-state index in [1.807, 2.05) is 48.6 Å². The molecule has 26 heavy (non-hydrogen) atoms. The number of halogens is 2. The summed E-state index contributed by atoms with van der Waals surface area (Å²) in [6, 6.07) is 14.7. The van der Waals surface area contributed by atoms with Crippen LogP contribution in [0, 0.1) is 0 Å². The van der Waals surface area contributed by atoms with Gasteiger partial charge in [0.2, 0.25) is 4.96 Å². The molecule has 0 fully saturated rings. The van der Waals surface area contributed by atoms with Crippen LogP contribution in [0.3, 0.4) is 0 Å². The minimum atomic E-state index is -0.182. The SMILES string of the molecule is O=c1c(=Cc2ccc(Cl)cc2)sc2nc(C=Cc3ccc(Cl)cc3)nn12. The molecule has 0 radical (unpaired) electrons. The Labute approximate surface area is 162 Å². The highest BCUT2D eigenvalue weighted by molar-refractivity contribution is 7.15. The lowest BCUT2D eigenvalue weighted by Gasteiger charge is -1.92. The highest BCUT2D eigenvalue weighted by atomic mass is 35.5. The van der Waals surface area contributed by atoms with Crippen molar-refractivity contribution in [3.05, 3.63) is 90.4 Å². The summed E-state index contributed by atoms with van der Waals surface area (Å²) >= 11 is 13.1. The fraction of sp³-hybridized carbons (Fsp3) is 0. The second-order valence-electron chi connectivity index (χ2n) is 5.52. The van der Waals surface area contributed by atoms with Gasteiger partial charge >= 0.3 is 0 Å². The van der Waals surface area contributed by atoms with Gasteiger partial charge in [-0.25, -0.2) is 0 Å². The van der Waals surface area contributed by atoms with Crippen molar-refractivity contribution < 1.29 is 0 Å². The zero-order chi connectivity index (χ0) is 18.1. The predicted molar refractivity (Wildman–Crippen MR) is 108 cm³/mol. The van der Waals surface area contributed by atoms with Gasteiger partial charge in [-0.15, -0.1) is 5.10 Å². The number of benzene rings is 2. The standard InChI is InChI=1S/C19H11Cl2N3OS/c20-14-6-1-12(2-7-14)5-10-17-22-19-24(23-17)18(25)16(26-19)11-13-3-8-15(21)9-4-13/h1-11H. The van der Waals surface area contributed by atoms with Gasteiger partial charge in [0.25, 0.3) is 5.56 Å². The number of fused-ring (bicyclic) bond motifs is 1. The predicted octanol–water partition coefficient (Wildman–Crippen LogP) is 4.18. The van der Waals surface area contributed by atoms with Crippen LogP contribution in [0.25, 0.3) is 23.2 Å². The summed E-state index contributed by atoms with van der Waals surface area (Å²) < 4.78 is 1.91. The lowest BCUT2D eigenvalue weighted by Crippen LogP contribution is -2.23. The second kappa shape index (κ2) is 7.03. The molecule has 0 aliphatic heterocycles. The van der Waals surface area contributed by atoms with Crippen molar-refractivity contribution in [2.24, 2.45) is 0 Å². The lowest BCUT2D eigenvalue weighted by atomic mass is 10.2. The van der Waals surface area contributed by atoms with E-state index in [9.17, 15) is 4.79 Å². The number of thiazole rings is 1. The Kier molecular flexibility index (Phi) is 4.59. The molecule has 0 spiro atoms. The molecule has 0 aliphatic carbocycles. The normalized spacial score (nSPS) is 12.5. The van der Waals surface area contributed by atoms with Crippen molar-refractivity contribution in [1.29, 1.82) is 0 Å². The van der Waals surface area contributed by atoms with Crippen molar-refractivity contribution in [3.63, 3.8) is 0 Å². The average molecular weight is 400 g/mol. The van der Waals surface area contributed by atoms with Crippen molar-refractivity contribution in [2.75, 3.05) is 0 Å². The Morgan fingerprint density at radius 2 is 1.50 bits per heavy atom. The Morgan fingerprint density at radius 1 is 0.885 bits per heavy atom. The quantitative estimate of drug-likeness (QED) is 0.519. The summed E-state index contributed by atoms with van der Waals surface area (Å²) in [5.74, 6) is 0.487. The summed E-state index contributed by atoms with van der Waals surface area (Å²) in [4.78, 5) is 17.5. The van der Waals surface area contributed by atoms with Crippen molar-refractivity contribution >= 4 is 57.7 Å². The fourth-order valence-electron chi connectivity index (χ4n) is 2.37. The minimum Gasteiger partial charge on any atom is -0.266 e. The Balaban J connectivity index is 1.66. The number of rotatable bonds is 3. The number of aromatic nitrogens is 3. The van der Waals surface area contributed by atoms with Crippen LogP contribution in [0.2, 0.25) is 10.0 Å². The Hall–Kier alpha value is -2.47. The molecular formula is C19H11Cl2N3OS. The molecular weight excluding hydrogens is 389 g/mol. The first-order valence-electron chi connectivity index (χ1n) is 7.69. The van der Waals surface area contributed by atoms with E-state index < -0.39 is 0 Å². The van der Waals surface area contributed by atoms with Crippen LogP contribution in [-0.4, -0.2) is 14.6 Å². The number of hydrogen-bond acceptors (Lipinski definition) is 4. The van der Waals surface area contributed by atoms with E-state index in [-0.39, 0.29) is 5.56 Å². The van der Waals surface area contributed by atoms with Crippen LogP contribution in [0.4, 0.5) is 0 Å². The van der Waals surface area contributed by atoms with E-state index in [2.05, 4.69) is 10.1 Å². The molecule has 2 aromatic carbocycles. The first kappa shape index (κ1) is 17.0. The number of hydrogen-bond donors (Lipinski definition) is 0. The molecule has 2 aromatic heterocycles. The maximum absolute atomic E-state index is 12.5. The third-order valence-corrected chi connectivity index (χ3v) is 5.12. The summed E-state index contributed by atoms with van der Waals surface area (Å²) in [5.41, 5.74) is 1.70. The molecule has 0 saturated heterocycles. The molecule has 0 saturated carbocycles. The third-order valence-electron chi connectivity index (χ3n) is 3.66. The third kappa shape index (κ3) is 3.55. The van der Waals surface area contributed by atoms with E-state index in [0.29, 0.717) is 25.4 Å². The van der Waals surface area contributed by atoms with Gasteiger partial charge in [0.05, 0.1) is 4.53 Å². The van der Waals surface area contributed by atoms with Gasteiger partial charge in [-0.05, 0) is 47.5 Å². The van der Waals surface area contributed by atoms with E-state index in [4.69, 9.17) is 23.2 Å². The largest absolute Gasteiger partial charge is 0.291 e. The Morgan fingerprint density at radius 3 is 2.12 bits per heavy atom. The molecule has 0 aliphatic rings. The van der Waals surface area contributed by atoms with Crippen LogP contribution >= 0.6 is 34.5 Å². The molecule has 4 nitrogen and oxygen atoms in total. The summed E-state index contributed by atoms with van der Waals surface area (Å²) in [6.07, 6.45) is 5.45. The van der Waals surface area contributed by atoms with Crippen LogP contribution in [-0.2, 0) is 0 Å². The molecule has 2 heterocycles. The molecule has 0 unspecified atom stereocenters.